The summed E-state index contributed by atoms with van der Waals surface area (Å²) < 4.78 is 5.70. The van der Waals surface area contributed by atoms with Crippen LogP contribution in [0.3, 0.4) is 0 Å². The van der Waals surface area contributed by atoms with Gasteiger partial charge in [-0.1, -0.05) is 24.3 Å². The summed E-state index contributed by atoms with van der Waals surface area (Å²) in [5, 5.41) is 11.6. The summed E-state index contributed by atoms with van der Waals surface area (Å²) in [6.07, 6.45) is 1.74. The highest BCUT2D eigenvalue weighted by atomic mass is 32.2. The van der Waals surface area contributed by atoms with Gasteiger partial charge in [0.1, 0.15) is 10.5 Å². The van der Waals surface area contributed by atoms with Crippen LogP contribution >= 0.6 is 11.8 Å². The molecule has 2 N–H and O–H groups in total. The molecule has 2 aromatic carbocycles. The Morgan fingerprint density at radius 1 is 1.10 bits per heavy atom. The summed E-state index contributed by atoms with van der Waals surface area (Å²) in [4.78, 5) is 4.42. The Morgan fingerprint density at radius 3 is 2.95 bits per heavy atom. The van der Waals surface area contributed by atoms with Crippen LogP contribution in [0, 0.1) is 0 Å². The van der Waals surface area contributed by atoms with Gasteiger partial charge in [-0.2, -0.15) is 5.10 Å². The van der Waals surface area contributed by atoms with Gasteiger partial charge in [0.15, 0.2) is 5.58 Å². The number of aromatic nitrogens is 3. The van der Waals surface area contributed by atoms with Gasteiger partial charge in [-0.3, -0.25) is 0 Å². The second-order valence-electron chi connectivity index (χ2n) is 4.55. The van der Waals surface area contributed by atoms with E-state index in [0.717, 1.165) is 21.3 Å². The monoisotopic (exact) mass is 294 g/mol. The number of anilines is 1. The molecular formula is C15H10N4OS. The number of nitrogens with zero attached hydrogens (tertiary/aromatic N) is 3. The lowest BCUT2D eigenvalue weighted by Gasteiger charge is -2.00. The van der Waals surface area contributed by atoms with Crippen molar-refractivity contribution in [3.05, 3.63) is 48.7 Å². The summed E-state index contributed by atoms with van der Waals surface area (Å²) in [5.41, 5.74) is 7.86. The molecule has 0 unspecified atom stereocenters. The molecule has 0 saturated carbocycles. The molecule has 0 aliphatic carbocycles. The molecule has 2 heterocycles. The van der Waals surface area contributed by atoms with Crippen LogP contribution in [-0.4, -0.2) is 15.2 Å². The van der Waals surface area contributed by atoms with Crippen LogP contribution in [0.25, 0.3) is 21.9 Å². The minimum absolute atomic E-state index is 0.529. The number of nitrogen functional groups attached to an aromatic ring is 1. The third-order valence-electron chi connectivity index (χ3n) is 3.11. The fraction of sp³-hybridized carbons (Fsp3) is 0. The molecule has 4 aromatic rings. The zero-order valence-corrected chi connectivity index (χ0v) is 11.7. The van der Waals surface area contributed by atoms with Gasteiger partial charge in [-0.25, -0.2) is 4.98 Å². The van der Waals surface area contributed by atoms with Gasteiger partial charge in [0, 0.05) is 16.5 Å². The Kier molecular flexibility index (Phi) is 2.75. The van der Waals surface area contributed by atoms with E-state index < -0.39 is 0 Å². The van der Waals surface area contributed by atoms with Crippen molar-refractivity contribution in [1.82, 2.24) is 15.2 Å². The third kappa shape index (κ3) is 2.19. The summed E-state index contributed by atoms with van der Waals surface area (Å²) >= 11 is 1.36. The molecule has 0 atom stereocenters. The van der Waals surface area contributed by atoms with Crippen molar-refractivity contribution in [2.75, 3.05) is 5.73 Å². The number of oxazole rings is 1. The van der Waals surface area contributed by atoms with E-state index in [-0.39, 0.29) is 0 Å². The van der Waals surface area contributed by atoms with E-state index >= 15 is 0 Å². The van der Waals surface area contributed by atoms with Gasteiger partial charge in [-0.15, -0.1) is 5.10 Å². The van der Waals surface area contributed by atoms with Gasteiger partial charge >= 0.3 is 0 Å². The Hall–Kier alpha value is -2.60. The molecule has 0 bridgehead atoms. The number of hydrogen-bond donors (Lipinski definition) is 1. The maximum atomic E-state index is 5.75. The van der Waals surface area contributed by atoms with Crippen molar-refractivity contribution < 1.29 is 4.42 Å². The molecule has 0 spiro atoms. The molecule has 102 valence electrons. The molecule has 21 heavy (non-hydrogen) atoms. The van der Waals surface area contributed by atoms with E-state index in [4.69, 9.17) is 10.2 Å². The zero-order valence-electron chi connectivity index (χ0n) is 10.9. The fourth-order valence-electron chi connectivity index (χ4n) is 2.13. The average Bonchev–Trinajstić information content (AvgIpc) is 2.89. The lowest BCUT2D eigenvalue weighted by atomic mass is 10.2. The number of rotatable bonds is 2. The van der Waals surface area contributed by atoms with Crippen molar-refractivity contribution in [3.63, 3.8) is 0 Å². The number of fused-ring (bicyclic) bond motifs is 2. The van der Waals surface area contributed by atoms with Gasteiger partial charge in [0.05, 0.1) is 6.20 Å². The fourth-order valence-corrected chi connectivity index (χ4v) is 2.95. The topological polar surface area (TPSA) is 77.8 Å². The zero-order chi connectivity index (χ0) is 14.2. The first-order valence-corrected chi connectivity index (χ1v) is 7.15. The van der Waals surface area contributed by atoms with Crippen LogP contribution in [-0.2, 0) is 0 Å². The molecule has 0 amide bonds. The van der Waals surface area contributed by atoms with Gasteiger partial charge in [0.25, 0.3) is 5.22 Å². The van der Waals surface area contributed by atoms with E-state index in [1.807, 2.05) is 30.3 Å². The van der Waals surface area contributed by atoms with Gasteiger partial charge in [-0.05, 0) is 30.0 Å². The van der Waals surface area contributed by atoms with Crippen LogP contribution in [0.2, 0.25) is 0 Å². The van der Waals surface area contributed by atoms with Crippen LogP contribution in [0.1, 0.15) is 0 Å². The van der Waals surface area contributed by atoms with Crippen molar-refractivity contribution in [2.24, 2.45) is 0 Å². The maximum absolute atomic E-state index is 5.75. The predicted molar refractivity (Wildman–Crippen MR) is 82.1 cm³/mol. The van der Waals surface area contributed by atoms with Gasteiger partial charge in [0.2, 0.25) is 0 Å². The lowest BCUT2D eigenvalue weighted by molar-refractivity contribution is 0.489. The molecule has 0 radical (unpaired) electrons. The van der Waals surface area contributed by atoms with E-state index in [1.165, 1.54) is 11.8 Å². The Morgan fingerprint density at radius 2 is 2.00 bits per heavy atom. The van der Waals surface area contributed by atoms with Crippen LogP contribution in [0.5, 0.6) is 0 Å². The largest absolute Gasteiger partial charge is 0.431 e. The molecule has 4 rings (SSSR count). The Balaban J connectivity index is 1.79. The van der Waals surface area contributed by atoms with Crippen molar-refractivity contribution in [1.29, 1.82) is 0 Å². The second-order valence-corrected chi connectivity index (χ2v) is 5.49. The summed E-state index contributed by atoms with van der Waals surface area (Å²) in [6.45, 7) is 0. The molecule has 6 heteroatoms. The molecule has 0 fully saturated rings. The van der Waals surface area contributed by atoms with Gasteiger partial charge < -0.3 is 10.2 Å². The molecule has 2 aromatic heterocycles. The SMILES string of the molecule is Nc1ccc2oc(Sc3nncc4ccccc34)nc2c1. The van der Waals surface area contributed by atoms with Crippen LogP contribution in [0.4, 0.5) is 5.69 Å². The summed E-state index contributed by atoms with van der Waals surface area (Å²) in [7, 11) is 0. The molecule has 0 aliphatic rings. The minimum atomic E-state index is 0.529. The summed E-state index contributed by atoms with van der Waals surface area (Å²) in [5.74, 6) is 0. The molecular weight excluding hydrogens is 284 g/mol. The number of benzene rings is 2. The van der Waals surface area contributed by atoms with E-state index in [2.05, 4.69) is 15.2 Å². The van der Waals surface area contributed by atoms with Crippen LogP contribution < -0.4 is 5.73 Å². The van der Waals surface area contributed by atoms with E-state index in [0.29, 0.717) is 16.5 Å². The van der Waals surface area contributed by atoms with Crippen molar-refractivity contribution >= 4 is 39.3 Å². The molecule has 0 aliphatic heterocycles. The standard InChI is InChI=1S/C15H10N4OS/c16-10-5-6-13-12(7-10)18-15(20-13)21-14-11-4-2-1-3-9(11)8-17-19-14/h1-8H,16H2. The van der Waals surface area contributed by atoms with E-state index in [9.17, 15) is 0 Å². The highest BCUT2D eigenvalue weighted by Gasteiger charge is 2.11. The Bertz CT molecular complexity index is 945. The lowest BCUT2D eigenvalue weighted by Crippen LogP contribution is -1.87. The average molecular weight is 294 g/mol. The number of nitrogens with two attached hydrogens (primary N) is 1. The highest BCUT2D eigenvalue weighted by molar-refractivity contribution is 7.99. The first-order chi connectivity index (χ1) is 10.3. The Labute approximate surface area is 124 Å². The first kappa shape index (κ1) is 12.2. The third-order valence-corrected chi connectivity index (χ3v) is 3.96. The quantitative estimate of drug-likeness (QED) is 0.570. The highest BCUT2D eigenvalue weighted by Crippen LogP contribution is 2.32. The number of hydrogen-bond acceptors (Lipinski definition) is 6. The minimum Gasteiger partial charge on any atom is -0.431 e. The van der Waals surface area contributed by atoms with Crippen molar-refractivity contribution in [2.45, 2.75) is 10.2 Å². The first-order valence-electron chi connectivity index (χ1n) is 6.34. The normalized spacial score (nSPS) is 11.2. The molecule has 0 saturated heterocycles. The van der Waals surface area contributed by atoms with E-state index in [1.54, 1.807) is 18.3 Å². The maximum Gasteiger partial charge on any atom is 0.263 e. The van der Waals surface area contributed by atoms with Crippen LogP contribution in [0.15, 0.2) is 63.3 Å². The summed E-state index contributed by atoms with van der Waals surface area (Å²) in [6, 6.07) is 13.4. The molecule has 5 nitrogen and oxygen atoms in total. The smallest absolute Gasteiger partial charge is 0.263 e. The predicted octanol–water partition coefficient (Wildman–Crippen LogP) is 3.50. The second kappa shape index (κ2) is 4.75. The van der Waals surface area contributed by atoms with Crippen molar-refractivity contribution in [3.8, 4) is 0 Å².